The van der Waals surface area contributed by atoms with Gasteiger partial charge in [-0.3, -0.25) is 4.79 Å². The highest BCUT2D eigenvalue weighted by Crippen LogP contribution is 2.40. The van der Waals surface area contributed by atoms with Gasteiger partial charge < -0.3 is 15.4 Å². The minimum Gasteiger partial charge on any atom is -0.463 e. The molecule has 0 bridgehead atoms. The molecule has 0 aliphatic carbocycles. The first-order chi connectivity index (χ1) is 11.0. The predicted octanol–water partition coefficient (Wildman–Crippen LogP) is 2.94. The van der Waals surface area contributed by atoms with Crippen molar-refractivity contribution in [1.82, 2.24) is 5.32 Å². The average molecular weight is 330 g/mol. The van der Waals surface area contributed by atoms with Crippen LogP contribution in [0.15, 0.2) is 30.3 Å². The molecule has 0 saturated heterocycles. The summed E-state index contributed by atoms with van der Waals surface area (Å²) < 4.78 is 5.23. The van der Waals surface area contributed by atoms with Crippen LogP contribution in [-0.4, -0.2) is 18.5 Å². The SMILES string of the molecule is CCOC(=O)C1(c2ccccc2)NC(=O)c2c(sc(C)c2C)N1. The quantitative estimate of drug-likeness (QED) is 0.849. The fraction of sp³-hybridized carbons (Fsp3) is 0.294. The minimum atomic E-state index is -1.40. The lowest BCUT2D eigenvalue weighted by atomic mass is 9.95. The van der Waals surface area contributed by atoms with Crippen molar-refractivity contribution in [3.05, 3.63) is 51.9 Å². The molecule has 2 heterocycles. The molecule has 1 aromatic carbocycles. The number of rotatable bonds is 3. The fourth-order valence-electron chi connectivity index (χ4n) is 2.71. The molecule has 120 valence electrons. The second kappa shape index (κ2) is 5.70. The van der Waals surface area contributed by atoms with E-state index >= 15 is 0 Å². The zero-order chi connectivity index (χ0) is 16.6. The lowest BCUT2D eigenvalue weighted by molar-refractivity contribution is -0.150. The van der Waals surface area contributed by atoms with Gasteiger partial charge in [-0.05, 0) is 26.3 Å². The summed E-state index contributed by atoms with van der Waals surface area (Å²) >= 11 is 1.47. The Labute approximate surface area is 138 Å². The first kappa shape index (κ1) is 15.6. The summed E-state index contributed by atoms with van der Waals surface area (Å²) in [5.41, 5.74) is 0.774. The van der Waals surface area contributed by atoms with Crippen molar-refractivity contribution in [3.8, 4) is 0 Å². The lowest BCUT2D eigenvalue weighted by Gasteiger charge is -2.37. The van der Waals surface area contributed by atoms with Crippen LogP contribution in [0.5, 0.6) is 0 Å². The van der Waals surface area contributed by atoms with E-state index in [2.05, 4.69) is 10.6 Å². The smallest absolute Gasteiger partial charge is 0.357 e. The first-order valence-corrected chi connectivity index (χ1v) is 8.24. The van der Waals surface area contributed by atoms with Crippen LogP contribution < -0.4 is 10.6 Å². The lowest BCUT2D eigenvalue weighted by Crippen LogP contribution is -2.60. The van der Waals surface area contributed by atoms with Gasteiger partial charge in [0.25, 0.3) is 5.91 Å². The van der Waals surface area contributed by atoms with Crippen molar-refractivity contribution in [2.24, 2.45) is 0 Å². The molecule has 5 nitrogen and oxygen atoms in total. The molecule has 3 rings (SSSR count). The van der Waals surface area contributed by atoms with E-state index in [0.717, 1.165) is 10.4 Å². The maximum absolute atomic E-state index is 12.7. The number of nitrogens with one attached hydrogen (secondary N) is 2. The summed E-state index contributed by atoms with van der Waals surface area (Å²) in [5.74, 6) is -0.786. The number of hydrogen-bond acceptors (Lipinski definition) is 5. The molecule has 0 fully saturated rings. The van der Waals surface area contributed by atoms with Crippen LogP contribution in [0.3, 0.4) is 0 Å². The summed E-state index contributed by atoms with van der Waals surface area (Å²) in [4.78, 5) is 26.4. The molecule has 1 unspecified atom stereocenters. The van der Waals surface area contributed by atoms with Gasteiger partial charge in [-0.25, -0.2) is 4.79 Å². The van der Waals surface area contributed by atoms with E-state index < -0.39 is 11.6 Å². The average Bonchev–Trinajstić information content (AvgIpc) is 2.83. The number of anilines is 1. The van der Waals surface area contributed by atoms with Crippen molar-refractivity contribution >= 4 is 28.2 Å². The van der Waals surface area contributed by atoms with Gasteiger partial charge in [-0.15, -0.1) is 11.3 Å². The fourth-order valence-corrected chi connectivity index (χ4v) is 3.83. The van der Waals surface area contributed by atoms with Crippen LogP contribution in [0.4, 0.5) is 5.00 Å². The number of benzene rings is 1. The molecule has 2 aromatic rings. The molecular formula is C17H18N2O3S. The van der Waals surface area contributed by atoms with Gasteiger partial charge in [-0.2, -0.15) is 0 Å². The number of aryl methyl sites for hydroxylation is 1. The zero-order valence-electron chi connectivity index (χ0n) is 13.2. The summed E-state index contributed by atoms with van der Waals surface area (Å²) in [6.07, 6.45) is 0. The van der Waals surface area contributed by atoms with Crippen molar-refractivity contribution < 1.29 is 14.3 Å². The molecule has 1 aliphatic heterocycles. The summed E-state index contributed by atoms with van der Waals surface area (Å²) in [6.45, 7) is 5.85. The Hall–Kier alpha value is -2.34. The van der Waals surface area contributed by atoms with E-state index in [0.29, 0.717) is 16.1 Å². The third-order valence-corrected chi connectivity index (χ3v) is 5.13. The standard InChI is InChI=1S/C17H18N2O3S/c1-4-22-16(21)17(12-8-6-5-7-9-12)18-14(20)13-10(2)11(3)23-15(13)19-17/h5-9,19H,4H2,1-3H3,(H,18,20). The number of fused-ring (bicyclic) bond motifs is 1. The molecule has 1 aliphatic rings. The van der Waals surface area contributed by atoms with Gasteiger partial charge in [-0.1, -0.05) is 30.3 Å². The maximum atomic E-state index is 12.7. The van der Waals surface area contributed by atoms with Gasteiger partial charge in [0.05, 0.1) is 12.2 Å². The molecule has 1 aromatic heterocycles. The third kappa shape index (κ3) is 2.39. The van der Waals surface area contributed by atoms with E-state index in [9.17, 15) is 9.59 Å². The van der Waals surface area contributed by atoms with Gasteiger partial charge in [0.15, 0.2) is 0 Å². The molecule has 2 N–H and O–H groups in total. The highest BCUT2D eigenvalue weighted by molar-refractivity contribution is 7.16. The second-order valence-corrected chi connectivity index (χ2v) is 6.63. The number of carbonyl (C=O) groups excluding carboxylic acids is 2. The minimum absolute atomic E-state index is 0.236. The molecule has 0 spiro atoms. The Balaban J connectivity index is 2.15. The Kier molecular flexibility index (Phi) is 3.85. The second-order valence-electron chi connectivity index (χ2n) is 5.40. The van der Waals surface area contributed by atoms with Crippen molar-refractivity contribution in [1.29, 1.82) is 0 Å². The highest BCUT2D eigenvalue weighted by atomic mass is 32.1. The number of hydrogen-bond donors (Lipinski definition) is 2. The highest BCUT2D eigenvalue weighted by Gasteiger charge is 2.48. The van der Waals surface area contributed by atoms with Crippen LogP contribution in [0.2, 0.25) is 0 Å². The number of esters is 1. The summed E-state index contributed by atoms with van der Waals surface area (Å²) in [5, 5.41) is 6.73. The molecule has 0 saturated carbocycles. The van der Waals surface area contributed by atoms with E-state index in [4.69, 9.17) is 4.74 Å². The van der Waals surface area contributed by atoms with Gasteiger partial charge in [0.2, 0.25) is 5.66 Å². The Morgan fingerprint density at radius 1 is 1.22 bits per heavy atom. The van der Waals surface area contributed by atoms with Crippen molar-refractivity contribution in [2.75, 3.05) is 11.9 Å². The van der Waals surface area contributed by atoms with Crippen molar-refractivity contribution in [3.63, 3.8) is 0 Å². The Bertz CT molecular complexity index is 770. The molecular weight excluding hydrogens is 312 g/mol. The molecule has 23 heavy (non-hydrogen) atoms. The number of carbonyl (C=O) groups is 2. The van der Waals surface area contributed by atoms with Crippen LogP contribution in [0, 0.1) is 13.8 Å². The first-order valence-electron chi connectivity index (χ1n) is 7.43. The van der Waals surface area contributed by atoms with Gasteiger partial charge in [0.1, 0.15) is 5.00 Å². The Morgan fingerprint density at radius 3 is 2.57 bits per heavy atom. The molecule has 6 heteroatoms. The van der Waals surface area contributed by atoms with Crippen LogP contribution in [-0.2, 0) is 15.2 Å². The monoisotopic (exact) mass is 330 g/mol. The topological polar surface area (TPSA) is 67.4 Å². The van der Waals surface area contributed by atoms with Crippen molar-refractivity contribution in [2.45, 2.75) is 26.4 Å². The Morgan fingerprint density at radius 2 is 1.91 bits per heavy atom. The zero-order valence-corrected chi connectivity index (χ0v) is 14.0. The van der Waals surface area contributed by atoms with E-state index in [-0.39, 0.29) is 12.5 Å². The van der Waals surface area contributed by atoms with E-state index in [1.807, 2.05) is 32.0 Å². The van der Waals surface area contributed by atoms with Gasteiger partial charge in [0, 0.05) is 10.4 Å². The summed E-state index contributed by atoms with van der Waals surface area (Å²) in [7, 11) is 0. The molecule has 0 radical (unpaired) electrons. The third-order valence-electron chi connectivity index (χ3n) is 4.00. The largest absolute Gasteiger partial charge is 0.463 e. The van der Waals surface area contributed by atoms with Gasteiger partial charge >= 0.3 is 5.97 Å². The van der Waals surface area contributed by atoms with Crippen LogP contribution in [0.25, 0.3) is 0 Å². The predicted molar refractivity (Wildman–Crippen MR) is 89.6 cm³/mol. The number of thiophene rings is 1. The molecule has 1 amide bonds. The summed E-state index contributed by atoms with van der Waals surface area (Å²) in [6, 6.07) is 9.10. The maximum Gasteiger partial charge on any atom is 0.357 e. The van der Waals surface area contributed by atoms with E-state index in [1.165, 1.54) is 11.3 Å². The van der Waals surface area contributed by atoms with E-state index in [1.54, 1.807) is 19.1 Å². The van der Waals surface area contributed by atoms with Crippen LogP contribution >= 0.6 is 11.3 Å². The normalized spacial score (nSPS) is 19.5. The van der Waals surface area contributed by atoms with Crippen LogP contribution in [0.1, 0.15) is 33.3 Å². The molecule has 1 atom stereocenters. The number of ether oxygens (including phenoxy) is 1. The number of amides is 1.